The number of hydrogen-bond donors (Lipinski definition) is 2. The number of fused-ring (bicyclic) bond motifs is 2. The lowest BCUT2D eigenvalue weighted by atomic mass is 9.78. The minimum absolute atomic E-state index is 0.236. The maximum atomic E-state index is 12.4. The number of rotatable bonds is 5. The molecular formula is C25H42O8. The Labute approximate surface area is 197 Å². The van der Waals surface area contributed by atoms with Crippen LogP contribution in [0.2, 0.25) is 0 Å². The zero-order valence-corrected chi connectivity index (χ0v) is 21.0. The molecule has 0 aromatic carbocycles. The van der Waals surface area contributed by atoms with Crippen LogP contribution < -0.4 is 0 Å². The number of aliphatic hydroxyl groups is 2. The molecule has 2 saturated heterocycles. The van der Waals surface area contributed by atoms with Gasteiger partial charge in [0, 0.05) is 19.6 Å². The predicted octanol–water partition coefficient (Wildman–Crippen LogP) is 3.07. The van der Waals surface area contributed by atoms with E-state index in [1.807, 2.05) is 6.92 Å². The fourth-order valence-corrected chi connectivity index (χ4v) is 5.12. The summed E-state index contributed by atoms with van der Waals surface area (Å²) in [6.45, 7) is 12.6. The maximum Gasteiger partial charge on any atom is 0.333 e. The van der Waals surface area contributed by atoms with Crippen LogP contribution in [0.5, 0.6) is 0 Å². The molecule has 0 spiro atoms. The minimum atomic E-state index is -1.26. The van der Waals surface area contributed by atoms with Crippen LogP contribution in [-0.4, -0.2) is 71.0 Å². The van der Waals surface area contributed by atoms with Crippen molar-refractivity contribution in [2.45, 2.75) is 115 Å². The third-order valence-corrected chi connectivity index (χ3v) is 7.42. The summed E-state index contributed by atoms with van der Waals surface area (Å²) >= 11 is 0. The molecule has 7 atom stereocenters. The maximum absolute atomic E-state index is 12.4. The average molecular weight is 471 g/mol. The van der Waals surface area contributed by atoms with Crippen LogP contribution in [0.4, 0.5) is 0 Å². The summed E-state index contributed by atoms with van der Waals surface area (Å²) in [5.74, 6) is -1.26. The van der Waals surface area contributed by atoms with Crippen LogP contribution in [0.3, 0.4) is 0 Å². The molecule has 0 aliphatic carbocycles. The quantitative estimate of drug-likeness (QED) is 0.466. The van der Waals surface area contributed by atoms with E-state index >= 15 is 0 Å². The molecule has 2 N–H and O–H groups in total. The molecule has 190 valence electrons. The number of carbonyl (C=O) groups excluding carboxylic acids is 2. The molecule has 8 heteroatoms. The Morgan fingerprint density at radius 2 is 1.67 bits per heavy atom. The Kier molecular flexibility index (Phi) is 9.12. The van der Waals surface area contributed by atoms with E-state index in [0.717, 1.165) is 0 Å². The summed E-state index contributed by atoms with van der Waals surface area (Å²) in [7, 11) is 1.52. The van der Waals surface area contributed by atoms with Gasteiger partial charge in [-0.25, -0.2) is 4.79 Å². The van der Waals surface area contributed by atoms with E-state index in [1.54, 1.807) is 20.8 Å². The van der Waals surface area contributed by atoms with Gasteiger partial charge in [-0.2, -0.15) is 0 Å². The molecule has 2 bridgehead atoms. The van der Waals surface area contributed by atoms with Gasteiger partial charge in [0.15, 0.2) is 0 Å². The second kappa shape index (κ2) is 10.8. The highest BCUT2D eigenvalue weighted by atomic mass is 16.6. The molecule has 0 unspecified atom stereocenters. The summed E-state index contributed by atoms with van der Waals surface area (Å²) in [5.41, 5.74) is -2.90. The highest BCUT2D eigenvalue weighted by Crippen LogP contribution is 2.43. The topological polar surface area (TPSA) is 112 Å². The van der Waals surface area contributed by atoms with E-state index in [-0.39, 0.29) is 12.5 Å². The van der Waals surface area contributed by atoms with E-state index in [1.165, 1.54) is 14.0 Å². The van der Waals surface area contributed by atoms with Gasteiger partial charge in [0.1, 0.15) is 11.7 Å². The highest BCUT2D eigenvalue weighted by molar-refractivity contribution is 5.88. The van der Waals surface area contributed by atoms with Crippen molar-refractivity contribution in [2.24, 2.45) is 5.92 Å². The molecule has 0 radical (unpaired) electrons. The summed E-state index contributed by atoms with van der Waals surface area (Å²) in [6, 6.07) is 0. The van der Waals surface area contributed by atoms with Crippen molar-refractivity contribution in [2.75, 3.05) is 13.7 Å². The SMILES string of the molecule is C=C(C(=O)OCC)[C@@H]1CC[C@@](C)(O)[C@H]2CC[C@@](C)(O2)[C@@H](OC(C)=O)CC[C@](C)(O)[C@@H](OC)C1. The third kappa shape index (κ3) is 6.78. The van der Waals surface area contributed by atoms with Gasteiger partial charge in [0.05, 0.1) is 30.0 Å². The van der Waals surface area contributed by atoms with Crippen LogP contribution in [0.1, 0.15) is 79.6 Å². The van der Waals surface area contributed by atoms with E-state index in [9.17, 15) is 19.8 Å². The molecule has 2 aliphatic rings. The lowest BCUT2D eigenvalue weighted by molar-refractivity contribution is -0.186. The zero-order valence-electron chi connectivity index (χ0n) is 21.0. The summed E-state index contributed by atoms with van der Waals surface area (Å²) in [4.78, 5) is 24.3. The van der Waals surface area contributed by atoms with Crippen LogP contribution in [0.15, 0.2) is 12.2 Å². The number of esters is 2. The fourth-order valence-electron chi connectivity index (χ4n) is 5.12. The van der Waals surface area contributed by atoms with E-state index in [0.29, 0.717) is 50.5 Å². The van der Waals surface area contributed by atoms with Crippen molar-refractivity contribution in [3.63, 3.8) is 0 Å². The summed E-state index contributed by atoms with van der Waals surface area (Å²) < 4.78 is 22.8. The first-order chi connectivity index (χ1) is 15.3. The molecule has 0 aromatic rings. The molecule has 0 saturated carbocycles. The first-order valence-corrected chi connectivity index (χ1v) is 11.9. The van der Waals surface area contributed by atoms with Gasteiger partial charge < -0.3 is 29.2 Å². The summed E-state index contributed by atoms with van der Waals surface area (Å²) in [6.07, 6.45) is 1.38. The van der Waals surface area contributed by atoms with E-state index in [2.05, 4.69) is 6.58 Å². The molecule has 2 rings (SSSR count). The lowest BCUT2D eigenvalue weighted by Crippen LogP contribution is -2.47. The Balaban J connectivity index is 2.41. The first kappa shape index (κ1) is 27.8. The van der Waals surface area contributed by atoms with Gasteiger partial charge in [-0.15, -0.1) is 0 Å². The lowest BCUT2D eigenvalue weighted by Gasteiger charge is -2.38. The molecule has 8 nitrogen and oxygen atoms in total. The first-order valence-electron chi connectivity index (χ1n) is 11.9. The molecular weight excluding hydrogens is 428 g/mol. The fraction of sp³-hybridized carbons (Fsp3) is 0.840. The number of methoxy groups -OCH3 is 1. The second-order valence-corrected chi connectivity index (χ2v) is 10.3. The number of ether oxygens (including phenoxy) is 4. The number of hydrogen-bond acceptors (Lipinski definition) is 8. The van der Waals surface area contributed by atoms with Crippen molar-refractivity contribution in [1.82, 2.24) is 0 Å². The largest absolute Gasteiger partial charge is 0.463 e. The van der Waals surface area contributed by atoms with E-state index in [4.69, 9.17) is 18.9 Å². The monoisotopic (exact) mass is 470 g/mol. The molecule has 2 aliphatic heterocycles. The van der Waals surface area contributed by atoms with Crippen LogP contribution in [0, 0.1) is 5.92 Å². The van der Waals surface area contributed by atoms with Gasteiger partial charge in [-0.1, -0.05) is 6.58 Å². The summed E-state index contributed by atoms with van der Waals surface area (Å²) in [5, 5.41) is 22.6. The van der Waals surface area contributed by atoms with Crippen LogP contribution >= 0.6 is 0 Å². The van der Waals surface area contributed by atoms with Gasteiger partial charge in [-0.3, -0.25) is 4.79 Å². The van der Waals surface area contributed by atoms with Crippen molar-refractivity contribution < 1.29 is 38.7 Å². The Bertz CT molecular complexity index is 715. The van der Waals surface area contributed by atoms with Crippen molar-refractivity contribution in [1.29, 1.82) is 0 Å². The smallest absolute Gasteiger partial charge is 0.333 e. The van der Waals surface area contributed by atoms with Gasteiger partial charge in [0.2, 0.25) is 0 Å². The molecule has 0 aromatic heterocycles. The zero-order chi connectivity index (χ0) is 25.0. The average Bonchev–Trinajstić information content (AvgIpc) is 3.14. The van der Waals surface area contributed by atoms with Crippen molar-refractivity contribution >= 4 is 11.9 Å². The minimum Gasteiger partial charge on any atom is -0.463 e. The predicted molar refractivity (Wildman–Crippen MR) is 122 cm³/mol. The van der Waals surface area contributed by atoms with Gasteiger partial charge in [-0.05, 0) is 78.6 Å². The van der Waals surface area contributed by atoms with Crippen molar-refractivity contribution in [3.8, 4) is 0 Å². The van der Waals surface area contributed by atoms with Crippen LogP contribution in [0.25, 0.3) is 0 Å². The Morgan fingerprint density at radius 3 is 2.24 bits per heavy atom. The van der Waals surface area contributed by atoms with E-state index < -0.39 is 47.1 Å². The molecule has 2 fully saturated rings. The Hall–Kier alpha value is -1.48. The van der Waals surface area contributed by atoms with Crippen LogP contribution in [-0.2, 0) is 28.5 Å². The third-order valence-electron chi connectivity index (χ3n) is 7.42. The van der Waals surface area contributed by atoms with Crippen molar-refractivity contribution in [3.05, 3.63) is 12.2 Å². The second-order valence-electron chi connectivity index (χ2n) is 10.3. The Morgan fingerprint density at radius 1 is 1.03 bits per heavy atom. The normalized spacial score (nSPS) is 40.1. The highest BCUT2D eigenvalue weighted by Gasteiger charge is 2.50. The molecule has 33 heavy (non-hydrogen) atoms. The molecule has 0 amide bonds. The van der Waals surface area contributed by atoms with Gasteiger partial charge >= 0.3 is 11.9 Å². The standard InChI is InChI=1S/C25H42O8/c1-8-31-22(27)16(2)18-9-12-23(4,28)19-11-14-25(6,33-19)20(32-17(3)26)10-13-24(5,29)21(15-18)30-7/h18-21,28-29H,2,8-15H2,1,3-7H3/t18-,19-,20+,21+,23-,24+,25-/m1/s1. The molecule has 2 heterocycles. The van der Waals surface area contributed by atoms with Gasteiger partial charge in [0.25, 0.3) is 0 Å². The number of carbonyl (C=O) groups is 2.